The lowest BCUT2D eigenvalue weighted by molar-refractivity contribution is -0.138. The zero-order valence-electron chi connectivity index (χ0n) is 9.75. The molecule has 0 fully saturated rings. The summed E-state index contributed by atoms with van der Waals surface area (Å²) >= 11 is 2.91. The Hall–Kier alpha value is -1.49. The molecule has 5 heteroatoms. The fourth-order valence-corrected chi connectivity index (χ4v) is 2.14. The van der Waals surface area contributed by atoms with E-state index in [9.17, 15) is 13.2 Å². The largest absolute Gasteiger partial charge is 0.489 e. The molecule has 0 bridgehead atoms. The molecular weight excluding hydrogens is 321 g/mol. The second-order valence-electron chi connectivity index (χ2n) is 3.91. The molecule has 0 N–H and O–H groups in total. The third-order valence-electron chi connectivity index (χ3n) is 2.49. The molecule has 0 atom stereocenters. The second kappa shape index (κ2) is 5.65. The van der Waals surface area contributed by atoms with Gasteiger partial charge >= 0.3 is 6.18 Å². The van der Waals surface area contributed by atoms with Crippen LogP contribution in [0.3, 0.4) is 0 Å². The maximum atomic E-state index is 12.6. The number of rotatable bonds is 3. The van der Waals surface area contributed by atoms with Crippen molar-refractivity contribution in [3.8, 4) is 5.75 Å². The van der Waals surface area contributed by atoms with Crippen LogP contribution < -0.4 is 4.74 Å². The topological polar surface area (TPSA) is 9.23 Å². The van der Waals surface area contributed by atoms with Crippen LogP contribution >= 0.6 is 15.9 Å². The average Bonchev–Trinajstić information content (AvgIpc) is 2.36. The number of ether oxygens (including phenoxy) is 1. The quantitative estimate of drug-likeness (QED) is 0.765. The highest BCUT2D eigenvalue weighted by molar-refractivity contribution is 9.10. The smallest absolute Gasteiger partial charge is 0.417 e. The molecule has 0 saturated heterocycles. The number of benzene rings is 2. The van der Waals surface area contributed by atoms with Crippen LogP contribution in [-0.2, 0) is 12.8 Å². The molecule has 0 amide bonds. The van der Waals surface area contributed by atoms with Crippen LogP contribution in [0.2, 0.25) is 0 Å². The van der Waals surface area contributed by atoms with Crippen molar-refractivity contribution in [2.75, 3.05) is 0 Å². The van der Waals surface area contributed by atoms with Gasteiger partial charge in [-0.25, -0.2) is 0 Å². The number of hydrogen-bond acceptors (Lipinski definition) is 1. The minimum Gasteiger partial charge on any atom is -0.489 e. The summed E-state index contributed by atoms with van der Waals surface area (Å²) < 4.78 is 43.1. The average molecular weight is 331 g/mol. The Kier molecular flexibility index (Phi) is 4.14. The van der Waals surface area contributed by atoms with E-state index in [1.54, 1.807) is 0 Å². The van der Waals surface area contributed by atoms with Crippen LogP contribution in [0.25, 0.3) is 0 Å². The monoisotopic (exact) mass is 330 g/mol. The first kappa shape index (κ1) is 13.9. The van der Waals surface area contributed by atoms with Crippen LogP contribution in [0, 0.1) is 0 Å². The minimum atomic E-state index is -4.36. The molecule has 0 aliphatic carbocycles. The van der Waals surface area contributed by atoms with E-state index in [4.69, 9.17) is 4.74 Å². The first-order chi connectivity index (χ1) is 8.97. The number of alkyl halides is 3. The van der Waals surface area contributed by atoms with Crippen molar-refractivity contribution in [1.29, 1.82) is 0 Å². The lowest BCUT2D eigenvalue weighted by atomic mass is 10.2. The van der Waals surface area contributed by atoms with E-state index < -0.39 is 11.7 Å². The summed E-state index contributed by atoms with van der Waals surface area (Å²) in [6.07, 6.45) is -4.36. The predicted octanol–water partition coefficient (Wildman–Crippen LogP) is 5.05. The highest BCUT2D eigenvalue weighted by atomic mass is 79.9. The van der Waals surface area contributed by atoms with Gasteiger partial charge in [0.15, 0.2) is 0 Å². The van der Waals surface area contributed by atoms with Crippen molar-refractivity contribution >= 4 is 15.9 Å². The molecule has 0 aliphatic rings. The minimum absolute atomic E-state index is 0.0226. The van der Waals surface area contributed by atoms with Gasteiger partial charge in [0.25, 0.3) is 0 Å². The molecule has 2 rings (SSSR count). The van der Waals surface area contributed by atoms with Gasteiger partial charge in [0.2, 0.25) is 0 Å². The van der Waals surface area contributed by atoms with Gasteiger partial charge in [-0.05, 0) is 23.8 Å². The molecule has 0 heterocycles. The molecule has 0 spiro atoms. The summed E-state index contributed by atoms with van der Waals surface area (Å²) in [6.45, 7) is 0.318. The van der Waals surface area contributed by atoms with E-state index in [0.29, 0.717) is 12.4 Å². The summed E-state index contributed by atoms with van der Waals surface area (Å²) in [7, 11) is 0. The molecule has 1 nitrogen and oxygen atoms in total. The van der Waals surface area contributed by atoms with Crippen molar-refractivity contribution in [2.24, 2.45) is 0 Å². The van der Waals surface area contributed by atoms with Crippen molar-refractivity contribution < 1.29 is 17.9 Å². The highest BCUT2D eigenvalue weighted by Gasteiger charge is 2.32. The van der Waals surface area contributed by atoms with Gasteiger partial charge in [-0.1, -0.05) is 46.3 Å². The van der Waals surface area contributed by atoms with Gasteiger partial charge in [0, 0.05) is 4.47 Å². The van der Waals surface area contributed by atoms with Crippen LogP contribution in [-0.4, -0.2) is 0 Å². The van der Waals surface area contributed by atoms with Crippen LogP contribution in [0.4, 0.5) is 13.2 Å². The maximum Gasteiger partial charge on any atom is 0.417 e. The Labute approximate surface area is 117 Å². The standard InChI is InChI=1S/C14H10BrF3O/c15-13-8-11(6-7-12(13)14(16,17)18)19-9-10-4-2-1-3-5-10/h1-8H,9H2. The Morgan fingerprint density at radius 2 is 1.68 bits per heavy atom. The SMILES string of the molecule is FC(F)(F)c1ccc(OCc2ccccc2)cc1Br. The summed E-state index contributed by atoms with van der Waals surface area (Å²) in [5.41, 5.74) is 0.248. The molecular formula is C14H10BrF3O. The fraction of sp³-hybridized carbons (Fsp3) is 0.143. The summed E-state index contributed by atoms with van der Waals surface area (Å²) in [5.74, 6) is 0.392. The first-order valence-corrected chi connectivity index (χ1v) is 6.29. The van der Waals surface area contributed by atoms with E-state index in [0.717, 1.165) is 11.6 Å². The summed E-state index contributed by atoms with van der Waals surface area (Å²) in [6, 6.07) is 13.1. The normalized spacial score (nSPS) is 11.4. The molecule has 2 aromatic rings. The van der Waals surface area contributed by atoms with Gasteiger partial charge < -0.3 is 4.74 Å². The van der Waals surface area contributed by atoms with E-state index in [-0.39, 0.29) is 4.47 Å². The number of hydrogen-bond donors (Lipinski definition) is 0. The third-order valence-corrected chi connectivity index (χ3v) is 3.15. The lowest BCUT2D eigenvalue weighted by Gasteiger charge is -2.11. The van der Waals surface area contributed by atoms with Gasteiger partial charge in [-0.15, -0.1) is 0 Å². The Morgan fingerprint density at radius 3 is 2.26 bits per heavy atom. The van der Waals surface area contributed by atoms with Crippen molar-refractivity contribution in [3.05, 3.63) is 64.1 Å². The van der Waals surface area contributed by atoms with E-state index in [1.165, 1.54) is 12.1 Å². The van der Waals surface area contributed by atoms with Crippen LogP contribution in [0.15, 0.2) is 53.0 Å². The van der Waals surface area contributed by atoms with Crippen molar-refractivity contribution in [1.82, 2.24) is 0 Å². The van der Waals surface area contributed by atoms with Crippen LogP contribution in [0.5, 0.6) is 5.75 Å². The van der Waals surface area contributed by atoms with Gasteiger partial charge in [0.1, 0.15) is 12.4 Å². The van der Waals surface area contributed by atoms with Crippen molar-refractivity contribution in [3.63, 3.8) is 0 Å². The highest BCUT2D eigenvalue weighted by Crippen LogP contribution is 2.36. The van der Waals surface area contributed by atoms with Gasteiger partial charge in [0.05, 0.1) is 5.56 Å². The molecule has 0 radical (unpaired) electrons. The van der Waals surface area contributed by atoms with E-state index in [2.05, 4.69) is 15.9 Å². The first-order valence-electron chi connectivity index (χ1n) is 5.50. The molecule has 0 aliphatic heterocycles. The summed E-state index contributed by atoms with van der Waals surface area (Å²) in [4.78, 5) is 0. The molecule has 0 unspecified atom stereocenters. The zero-order chi connectivity index (χ0) is 13.9. The van der Waals surface area contributed by atoms with Gasteiger partial charge in [-0.3, -0.25) is 0 Å². The second-order valence-corrected chi connectivity index (χ2v) is 4.77. The van der Waals surface area contributed by atoms with E-state index >= 15 is 0 Å². The van der Waals surface area contributed by atoms with Crippen LogP contribution in [0.1, 0.15) is 11.1 Å². The Morgan fingerprint density at radius 1 is 1.00 bits per heavy atom. The predicted molar refractivity (Wildman–Crippen MR) is 69.9 cm³/mol. The third kappa shape index (κ3) is 3.73. The molecule has 100 valence electrons. The number of halogens is 4. The molecule has 2 aromatic carbocycles. The molecule has 19 heavy (non-hydrogen) atoms. The lowest BCUT2D eigenvalue weighted by Crippen LogP contribution is -2.06. The fourth-order valence-electron chi connectivity index (χ4n) is 1.56. The Balaban J connectivity index is 2.09. The van der Waals surface area contributed by atoms with E-state index in [1.807, 2.05) is 30.3 Å². The van der Waals surface area contributed by atoms with Crippen molar-refractivity contribution in [2.45, 2.75) is 12.8 Å². The summed E-state index contributed by atoms with van der Waals surface area (Å²) in [5, 5.41) is 0. The Bertz CT molecular complexity index is 552. The zero-order valence-corrected chi connectivity index (χ0v) is 11.3. The molecule has 0 aromatic heterocycles. The maximum absolute atomic E-state index is 12.6. The van der Waals surface area contributed by atoms with Gasteiger partial charge in [-0.2, -0.15) is 13.2 Å². The molecule has 0 saturated carbocycles.